The summed E-state index contributed by atoms with van der Waals surface area (Å²) in [5, 5.41) is 0. The molecule has 1 aromatic rings. The van der Waals surface area contributed by atoms with Crippen molar-refractivity contribution in [2.45, 2.75) is 20.3 Å². The van der Waals surface area contributed by atoms with Gasteiger partial charge in [-0.15, -0.1) is 0 Å². The first-order chi connectivity index (χ1) is 11.4. The summed E-state index contributed by atoms with van der Waals surface area (Å²) in [4.78, 5) is 18.5. The van der Waals surface area contributed by atoms with E-state index < -0.39 is 16.1 Å². The van der Waals surface area contributed by atoms with E-state index >= 15 is 0 Å². The number of hydrogen-bond donors (Lipinski definition) is 0. The van der Waals surface area contributed by atoms with Gasteiger partial charge in [0.1, 0.15) is 0 Å². The molecule has 0 saturated carbocycles. The van der Waals surface area contributed by atoms with Crippen molar-refractivity contribution in [3.63, 3.8) is 0 Å². The third kappa shape index (κ3) is 4.12. The third-order valence-electron chi connectivity index (χ3n) is 4.37. The van der Waals surface area contributed by atoms with Gasteiger partial charge in [0.05, 0.1) is 5.92 Å². The first-order valence-corrected chi connectivity index (χ1v) is 9.69. The van der Waals surface area contributed by atoms with Crippen LogP contribution in [0.3, 0.4) is 0 Å². The third-order valence-corrected chi connectivity index (χ3v) is 6.53. The van der Waals surface area contributed by atoms with E-state index in [1.807, 2.05) is 32.0 Å². The highest BCUT2D eigenvalue weighted by Gasteiger charge is 2.36. The highest BCUT2D eigenvalue weighted by Crippen LogP contribution is 2.19. The summed E-state index contributed by atoms with van der Waals surface area (Å²) >= 11 is 0. The molecule has 0 radical (unpaired) electrons. The number of carbonyl (C=O) groups is 1. The molecule has 134 valence electrons. The fraction of sp³-hybridized carbons (Fsp3) is 0.625. The zero-order valence-electron chi connectivity index (χ0n) is 14.6. The van der Waals surface area contributed by atoms with Crippen LogP contribution >= 0.6 is 0 Å². The minimum Gasteiger partial charge on any atom is -0.344 e. The number of nitrogens with zero attached hydrogens (tertiary/aromatic N) is 4. The molecule has 2 heterocycles. The van der Waals surface area contributed by atoms with Gasteiger partial charge in [0.15, 0.2) is 0 Å². The predicted octanol–water partition coefficient (Wildman–Crippen LogP) is 0.601. The molecule has 1 aromatic heterocycles. The Bertz CT molecular complexity index is 647. The van der Waals surface area contributed by atoms with Crippen molar-refractivity contribution in [2.24, 2.45) is 5.92 Å². The number of carbonyl (C=O) groups excluding carboxylic acids is 1. The van der Waals surface area contributed by atoms with Crippen LogP contribution in [0.5, 0.6) is 0 Å². The number of rotatable bonds is 6. The van der Waals surface area contributed by atoms with Crippen LogP contribution in [0.2, 0.25) is 0 Å². The smallest absolute Gasteiger partial charge is 0.282 e. The summed E-state index contributed by atoms with van der Waals surface area (Å²) in [5.41, 5.74) is 0.798. The van der Waals surface area contributed by atoms with Gasteiger partial charge in [-0.1, -0.05) is 19.9 Å². The predicted molar refractivity (Wildman–Crippen MR) is 92.5 cm³/mol. The molecule has 8 heteroatoms. The van der Waals surface area contributed by atoms with Crippen LogP contribution in [-0.2, 0) is 21.4 Å². The molecule has 2 rings (SSSR count). The van der Waals surface area contributed by atoms with E-state index in [0.29, 0.717) is 32.6 Å². The van der Waals surface area contributed by atoms with Gasteiger partial charge in [-0.2, -0.15) is 17.0 Å². The maximum absolute atomic E-state index is 12.8. The molecule has 1 atom stereocenters. The molecule has 0 aliphatic carbocycles. The molecule has 0 aromatic carbocycles. The van der Waals surface area contributed by atoms with Crippen LogP contribution in [0.4, 0.5) is 0 Å². The zero-order valence-corrected chi connectivity index (χ0v) is 15.4. The molecule has 0 bridgehead atoms. The van der Waals surface area contributed by atoms with Gasteiger partial charge < -0.3 is 4.90 Å². The van der Waals surface area contributed by atoms with E-state index in [0.717, 1.165) is 5.69 Å². The van der Waals surface area contributed by atoms with Crippen LogP contribution < -0.4 is 0 Å². The van der Waals surface area contributed by atoms with Crippen molar-refractivity contribution in [3.8, 4) is 0 Å². The lowest BCUT2D eigenvalue weighted by Crippen LogP contribution is -2.46. The normalized spacial score (nSPS) is 20.4. The SMILES string of the molecule is CCN(CC)S(=O)(=O)N1CCN(C)C(=O)C(Cc2ccccn2)C1. The average Bonchev–Trinajstić information content (AvgIpc) is 2.71. The topological polar surface area (TPSA) is 73.8 Å². The van der Waals surface area contributed by atoms with Crippen LogP contribution in [0.1, 0.15) is 19.5 Å². The Labute approximate surface area is 144 Å². The Balaban J connectivity index is 2.25. The van der Waals surface area contributed by atoms with Crippen LogP contribution in [-0.4, -0.2) is 72.6 Å². The summed E-state index contributed by atoms with van der Waals surface area (Å²) in [6.07, 6.45) is 2.12. The van der Waals surface area contributed by atoms with Crippen molar-refractivity contribution in [3.05, 3.63) is 30.1 Å². The average molecular weight is 354 g/mol. The highest BCUT2D eigenvalue weighted by atomic mass is 32.2. The maximum Gasteiger partial charge on any atom is 0.282 e. The Kier molecular flexibility index (Phi) is 6.31. The van der Waals surface area contributed by atoms with E-state index in [4.69, 9.17) is 0 Å². The molecule has 1 saturated heterocycles. The Hall–Kier alpha value is -1.51. The van der Waals surface area contributed by atoms with E-state index in [9.17, 15) is 13.2 Å². The molecule has 1 aliphatic heterocycles. The minimum absolute atomic E-state index is 0.0297. The van der Waals surface area contributed by atoms with Crippen molar-refractivity contribution in [1.82, 2.24) is 18.5 Å². The van der Waals surface area contributed by atoms with Gasteiger partial charge in [-0.25, -0.2) is 0 Å². The van der Waals surface area contributed by atoms with Crippen LogP contribution in [0, 0.1) is 5.92 Å². The van der Waals surface area contributed by atoms with Crippen molar-refractivity contribution >= 4 is 16.1 Å². The highest BCUT2D eigenvalue weighted by molar-refractivity contribution is 7.86. The van der Waals surface area contributed by atoms with Crippen molar-refractivity contribution in [1.29, 1.82) is 0 Å². The van der Waals surface area contributed by atoms with Crippen LogP contribution in [0.25, 0.3) is 0 Å². The van der Waals surface area contributed by atoms with Gasteiger partial charge in [-0.05, 0) is 12.1 Å². The van der Waals surface area contributed by atoms with E-state index in [2.05, 4.69) is 4.98 Å². The van der Waals surface area contributed by atoms with Gasteiger partial charge in [0, 0.05) is 58.1 Å². The second kappa shape index (κ2) is 8.04. The quantitative estimate of drug-likeness (QED) is 0.750. The monoisotopic (exact) mass is 354 g/mol. The molecule has 0 spiro atoms. The fourth-order valence-electron chi connectivity index (χ4n) is 2.94. The van der Waals surface area contributed by atoms with Gasteiger partial charge in [0.25, 0.3) is 10.2 Å². The first kappa shape index (κ1) is 18.8. The maximum atomic E-state index is 12.8. The van der Waals surface area contributed by atoms with E-state index in [1.165, 1.54) is 8.61 Å². The summed E-state index contributed by atoms with van der Waals surface area (Å²) in [5.74, 6) is -0.448. The zero-order chi connectivity index (χ0) is 17.7. The van der Waals surface area contributed by atoms with E-state index in [-0.39, 0.29) is 12.5 Å². The summed E-state index contributed by atoms with van der Waals surface area (Å²) < 4.78 is 28.5. The van der Waals surface area contributed by atoms with Gasteiger partial charge in [-0.3, -0.25) is 9.78 Å². The lowest BCUT2D eigenvalue weighted by atomic mass is 10.0. The molecular weight excluding hydrogens is 328 g/mol. The molecule has 1 unspecified atom stereocenters. The molecule has 1 amide bonds. The molecule has 0 N–H and O–H groups in total. The number of amides is 1. The largest absolute Gasteiger partial charge is 0.344 e. The van der Waals surface area contributed by atoms with Gasteiger partial charge >= 0.3 is 0 Å². The number of pyridine rings is 1. The lowest BCUT2D eigenvalue weighted by molar-refractivity contribution is -0.133. The second-order valence-electron chi connectivity index (χ2n) is 5.93. The molecule has 1 fully saturated rings. The lowest BCUT2D eigenvalue weighted by Gasteiger charge is -2.28. The number of aromatic nitrogens is 1. The standard InChI is InChI=1S/C16H26N4O3S/c1-4-19(5-2)24(22,23)20-11-10-18(3)16(21)14(13-20)12-15-8-6-7-9-17-15/h6-9,14H,4-5,10-13H2,1-3H3. The minimum atomic E-state index is -3.55. The Morgan fingerprint density at radius 3 is 2.54 bits per heavy atom. The molecule has 7 nitrogen and oxygen atoms in total. The molecule has 1 aliphatic rings. The Morgan fingerprint density at radius 2 is 1.96 bits per heavy atom. The van der Waals surface area contributed by atoms with E-state index in [1.54, 1.807) is 18.1 Å². The number of likely N-dealkylation sites (N-methyl/N-ethyl adjacent to an activating group) is 1. The van der Waals surface area contributed by atoms with Gasteiger partial charge in [0.2, 0.25) is 5.91 Å². The van der Waals surface area contributed by atoms with Crippen LogP contribution in [0.15, 0.2) is 24.4 Å². The molecule has 24 heavy (non-hydrogen) atoms. The Morgan fingerprint density at radius 1 is 1.25 bits per heavy atom. The van der Waals surface area contributed by atoms with Crippen molar-refractivity contribution in [2.75, 3.05) is 39.8 Å². The summed E-state index contributed by atoms with van der Waals surface area (Å²) in [6.45, 7) is 5.40. The second-order valence-corrected chi connectivity index (χ2v) is 7.86. The fourth-order valence-corrected chi connectivity index (χ4v) is 4.60. The first-order valence-electron chi connectivity index (χ1n) is 8.30. The summed E-state index contributed by atoms with van der Waals surface area (Å²) in [6, 6.07) is 5.56. The summed E-state index contributed by atoms with van der Waals surface area (Å²) in [7, 11) is -1.83. The molecular formula is C16H26N4O3S. The van der Waals surface area contributed by atoms with Crippen molar-refractivity contribution < 1.29 is 13.2 Å². The number of hydrogen-bond acceptors (Lipinski definition) is 4.